The van der Waals surface area contributed by atoms with Crippen molar-refractivity contribution >= 4 is 15.7 Å². The predicted octanol–water partition coefficient (Wildman–Crippen LogP) is 1.54. The minimum Gasteiger partial charge on any atom is -0.351 e. The van der Waals surface area contributed by atoms with Gasteiger partial charge in [0.2, 0.25) is 5.91 Å². The van der Waals surface area contributed by atoms with Crippen LogP contribution in [0.3, 0.4) is 0 Å². The molecule has 5 nitrogen and oxygen atoms in total. The Balaban J connectivity index is 2.04. The molecule has 2 fully saturated rings. The summed E-state index contributed by atoms with van der Waals surface area (Å²) in [7, 11) is -3.04. The van der Waals surface area contributed by atoms with Crippen molar-refractivity contribution in [3.8, 4) is 6.07 Å². The molecule has 0 aromatic heterocycles. The number of hydrogen-bond acceptors (Lipinski definition) is 4. The zero-order valence-corrected chi connectivity index (χ0v) is 12.5. The molecule has 112 valence electrons. The van der Waals surface area contributed by atoms with E-state index >= 15 is 0 Å². The van der Waals surface area contributed by atoms with Gasteiger partial charge in [-0.05, 0) is 25.7 Å². The minimum atomic E-state index is -3.04. The van der Waals surface area contributed by atoms with Crippen molar-refractivity contribution in [3.63, 3.8) is 0 Å². The zero-order chi connectivity index (χ0) is 14.6. The molecule has 2 aliphatic rings. The standard InChI is InChI=1S/C14H22N2O3S/c15-11-14(7-3-1-2-4-8-14)13(17)16-12-6-5-9-20(18,19)10-12/h12H,1-10H2,(H,16,17). The minimum absolute atomic E-state index is 0.0141. The Morgan fingerprint density at radius 3 is 2.35 bits per heavy atom. The second kappa shape index (κ2) is 6.13. The summed E-state index contributed by atoms with van der Waals surface area (Å²) in [6.45, 7) is 0. The first-order valence-corrected chi connectivity index (χ1v) is 9.22. The molecule has 1 N–H and O–H groups in total. The number of carbonyl (C=O) groups excluding carboxylic acids is 1. The van der Waals surface area contributed by atoms with Gasteiger partial charge in [-0.25, -0.2) is 8.42 Å². The first-order valence-electron chi connectivity index (χ1n) is 7.40. The highest BCUT2D eigenvalue weighted by Gasteiger charge is 2.40. The van der Waals surface area contributed by atoms with Crippen LogP contribution in [0.25, 0.3) is 0 Å². The fraction of sp³-hybridized carbons (Fsp3) is 0.857. The second-order valence-corrected chi connectivity index (χ2v) is 8.26. The van der Waals surface area contributed by atoms with Crippen molar-refractivity contribution in [2.75, 3.05) is 11.5 Å². The lowest BCUT2D eigenvalue weighted by Crippen LogP contribution is -2.49. The monoisotopic (exact) mass is 298 g/mol. The van der Waals surface area contributed by atoms with Crippen LogP contribution in [0.5, 0.6) is 0 Å². The van der Waals surface area contributed by atoms with Gasteiger partial charge in [0, 0.05) is 6.04 Å². The molecule has 0 bridgehead atoms. The molecule has 1 unspecified atom stereocenters. The van der Waals surface area contributed by atoms with Crippen molar-refractivity contribution < 1.29 is 13.2 Å². The molecule has 0 spiro atoms. The van der Waals surface area contributed by atoms with E-state index in [0.29, 0.717) is 25.7 Å². The lowest BCUT2D eigenvalue weighted by atomic mass is 9.80. The van der Waals surface area contributed by atoms with Crippen molar-refractivity contribution in [1.82, 2.24) is 5.32 Å². The van der Waals surface area contributed by atoms with E-state index in [4.69, 9.17) is 0 Å². The first kappa shape index (κ1) is 15.3. The van der Waals surface area contributed by atoms with E-state index < -0.39 is 15.3 Å². The molecule has 20 heavy (non-hydrogen) atoms. The summed E-state index contributed by atoms with van der Waals surface area (Å²) in [5.41, 5.74) is -0.947. The van der Waals surface area contributed by atoms with E-state index in [1.54, 1.807) is 0 Å². The third-order valence-electron chi connectivity index (χ3n) is 4.40. The molecule has 1 amide bonds. The van der Waals surface area contributed by atoms with Crippen molar-refractivity contribution in [2.45, 2.75) is 57.4 Å². The van der Waals surface area contributed by atoms with E-state index in [9.17, 15) is 18.5 Å². The molecule has 6 heteroatoms. The van der Waals surface area contributed by atoms with Gasteiger partial charge >= 0.3 is 0 Å². The normalized spacial score (nSPS) is 28.9. The van der Waals surface area contributed by atoms with Crippen LogP contribution in [-0.2, 0) is 14.6 Å². The Labute approximate surface area is 120 Å². The van der Waals surface area contributed by atoms with Crippen molar-refractivity contribution in [1.29, 1.82) is 5.26 Å². The van der Waals surface area contributed by atoms with Crippen LogP contribution in [0.4, 0.5) is 0 Å². The van der Waals surface area contributed by atoms with Crippen LogP contribution >= 0.6 is 0 Å². The third-order valence-corrected chi connectivity index (χ3v) is 6.22. The van der Waals surface area contributed by atoms with Gasteiger partial charge in [-0.3, -0.25) is 4.79 Å². The Morgan fingerprint density at radius 2 is 1.80 bits per heavy atom. The number of rotatable bonds is 2. The summed E-state index contributed by atoms with van der Waals surface area (Å²) in [5, 5.41) is 12.3. The summed E-state index contributed by atoms with van der Waals surface area (Å²) >= 11 is 0. The largest absolute Gasteiger partial charge is 0.351 e. The maximum atomic E-state index is 12.5. The van der Waals surface area contributed by atoms with Gasteiger partial charge < -0.3 is 5.32 Å². The number of amides is 1. The van der Waals surface area contributed by atoms with E-state index in [0.717, 1.165) is 25.7 Å². The molecule has 1 saturated heterocycles. The smallest absolute Gasteiger partial charge is 0.240 e. The summed E-state index contributed by atoms with van der Waals surface area (Å²) in [4.78, 5) is 12.5. The second-order valence-electron chi connectivity index (χ2n) is 6.04. The molecular formula is C14H22N2O3S. The third kappa shape index (κ3) is 3.51. The number of carbonyl (C=O) groups is 1. The highest BCUT2D eigenvalue weighted by molar-refractivity contribution is 7.91. The van der Waals surface area contributed by atoms with E-state index in [2.05, 4.69) is 11.4 Å². The van der Waals surface area contributed by atoms with Crippen molar-refractivity contribution in [2.24, 2.45) is 5.41 Å². The lowest BCUT2D eigenvalue weighted by Gasteiger charge is -2.29. The SMILES string of the molecule is N#CC1(C(=O)NC2CCCS(=O)(=O)C2)CCCCCC1. The van der Waals surface area contributed by atoms with E-state index in [1.165, 1.54) is 0 Å². The predicted molar refractivity (Wildman–Crippen MR) is 75.6 cm³/mol. The summed E-state index contributed by atoms with van der Waals surface area (Å²) < 4.78 is 23.2. The molecule has 0 aromatic rings. The highest BCUT2D eigenvalue weighted by atomic mass is 32.2. The van der Waals surface area contributed by atoms with Crippen LogP contribution in [0.2, 0.25) is 0 Å². The topological polar surface area (TPSA) is 87.0 Å². The van der Waals surface area contributed by atoms with Gasteiger partial charge in [-0.15, -0.1) is 0 Å². The molecule has 1 aliphatic carbocycles. The van der Waals surface area contributed by atoms with Gasteiger partial charge in [0.15, 0.2) is 9.84 Å². The summed E-state index contributed by atoms with van der Waals surface area (Å²) in [6, 6.07) is 1.88. The van der Waals surface area contributed by atoms with Gasteiger partial charge in [0.05, 0.1) is 17.6 Å². The Kier molecular flexibility index (Phi) is 4.69. The van der Waals surface area contributed by atoms with E-state index in [1.807, 2.05) is 0 Å². The highest BCUT2D eigenvalue weighted by Crippen LogP contribution is 2.35. The van der Waals surface area contributed by atoms with Gasteiger partial charge in [-0.1, -0.05) is 25.7 Å². The first-order chi connectivity index (χ1) is 9.47. The van der Waals surface area contributed by atoms with Gasteiger partial charge in [0.25, 0.3) is 0 Å². The van der Waals surface area contributed by atoms with Crippen LogP contribution < -0.4 is 5.32 Å². The molecule has 0 radical (unpaired) electrons. The fourth-order valence-corrected chi connectivity index (χ4v) is 4.82. The van der Waals surface area contributed by atoms with Crippen molar-refractivity contribution in [3.05, 3.63) is 0 Å². The lowest BCUT2D eigenvalue weighted by molar-refractivity contribution is -0.129. The van der Waals surface area contributed by atoms with Crippen LogP contribution in [0.15, 0.2) is 0 Å². The quantitative estimate of drug-likeness (QED) is 0.783. The van der Waals surface area contributed by atoms with Crippen LogP contribution in [-0.4, -0.2) is 31.9 Å². The maximum Gasteiger partial charge on any atom is 0.240 e. The maximum absolute atomic E-state index is 12.5. The number of nitrogens with one attached hydrogen (secondary N) is 1. The number of nitrogens with zero attached hydrogens (tertiary/aromatic N) is 1. The number of sulfone groups is 1. The Bertz CT molecular complexity index is 499. The fourth-order valence-electron chi connectivity index (χ4n) is 3.18. The summed E-state index contributed by atoms with van der Waals surface area (Å²) in [5.74, 6) is -0.0350. The number of nitriles is 1. The molecule has 1 saturated carbocycles. The molecule has 2 rings (SSSR count). The molecule has 0 aromatic carbocycles. The molecule has 1 atom stereocenters. The average Bonchev–Trinajstić information content (AvgIpc) is 2.63. The Morgan fingerprint density at radius 1 is 1.15 bits per heavy atom. The molecule has 1 heterocycles. The molecular weight excluding hydrogens is 276 g/mol. The van der Waals surface area contributed by atoms with Crippen LogP contribution in [0, 0.1) is 16.7 Å². The molecule has 1 aliphatic heterocycles. The van der Waals surface area contributed by atoms with E-state index in [-0.39, 0.29) is 23.5 Å². The average molecular weight is 298 g/mol. The summed E-state index contributed by atoms with van der Waals surface area (Å²) in [6.07, 6.45) is 6.37. The van der Waals surface area contributed by atoms with Gasteiger partial charge in [0.1, 0.15) is 5.41 Å². The number of hydrogen-bond donors (Lipinski definition) is 1. The van der Waals surface area contributed by atoms with Gasteiger partial charge in [-0.2, -0.15) is 5.26 Å². The zero-order valence-electron chi connectivity index (χ0n) is 11.7. The van der Waals surface area contributed by atoms with Crippen LogP contribution in [0.1, 0.15) is 51.4 Å². The Hall–Kier alpha value is -1.09.